The minimum atomic E-state index is -0.454. The predicted molar refractivity (Wildman–Crippen MR) is 99.9 cm³/mol. The number of phenols is 1. The van der Waals surface area contributed by atoms with Crippen LogP contribution in [0.4, 0.5) is 5.69 Å². The van der Waals surface area contributed by atoms with Gasteiger partial charge in [0, 0.05) is 0 Å². The molecule has 5 nitrogen and oxygen atoms in total. The van der Waals surface area contributed by atoms with Gasteiger partial charge in [-0.1, -0.05) is 39.0 Å². The number of benzene rings is 2. The van der Waals surface area contributed by atoms with Crippen LogP contribution >= 0.6 is 0 Å². The van der Waals surface area contributed by atoms with Crippen molar-refractivity contribution in [1.29, 1.82) is 0 Å². The number of hydrogen-bond donors (Lipinski definition) is 2. The van der Waals surface area contributed by atoms with Gasteiger partial charge in [0.25, 0.3) is 0 Å². The molecule has 0 bridgehead atoms. The number of carbonyl (C=O) groups is 1. The minimum Gasteiger partial charge on any atom is -0.506 e. The second-order valence-electron chi connectivity index (χ2n) is 7.29. The normalized spacial score (nSPS) is 13.0. The number of amides is 1. The first kappa shape index (κ1) is 17.0. The van der Waals surface area contributed by atoms with Gasteiger partial charge in [0.15, 0.2) is 0 Å². The highest BCUT2D eigenvalue weighted by molar-refractivity contribution is 5.95. The van der Waals surface area contributed by atoms with E-state index in [2.05, 4.69) is 31.1 Å². The van der Waals surface area contributed by atoms with Gasteiger partial charge in [0.1, 0.15) is 11.8 Å². The molecule has 0 spiro atoms. The fraction of sp³-hybridized carbons (Fsp3) is 0.300. The smallest absolute Gasteiger partial charge is 0.247 e. The molecule has 3 rings (SSSR count). The summed E-state index contributed by atoms with van der Waals surface area (Å²) in [5.41, 5.74) is 3.15. The number of hydrogen-bond acceptors (Lipinski definition) is 3. The van der Waals surface area contributed by atoms with Crippen LogP contribution in [0.3, 0.4) is 0 Å². The maximum absolute atomic E-state index is 12.7. The summed E-state index contributed by atoms with van der Waals surface area (Å²) in [7, 11) is 0. The molecule has 2 aromatic carbocycles. The molecule has 0 aliphatic carbocycles. The standard InChI is InChI=1S/C20H23N3O2/c1-13(23-12-21-15-7-5-6-8-17(15)23)19(25)22-16-11-14(20(2,3)4)9-10-18(16)24/h5-13,24H,1-4H3,(H,22,25)/t13-/m0/s1. The van der Waals surface area contributed by atoms with Gasteiger partial charge in [-0.2, -0.15) is 0 Å². The highest BCUT2D eigenvalue weighted by Crippen LogP contribution is 2.31. The van der Waals surface area contributed by atoms with Crippen LogP contribution < -0.4 is 5.32 Å². The summed E-state index contributed by atoms with van der Waals surface area (Å²) in [5, 5.41) is 12.9. The van der Waals surface area contributed by atoms with Crippen molar-refractivity contribution in [3.05, 3.63) is 54.4 Å². The summed E-state index contributed by atoms with van der Waals surface area (Å²) < 4.78 is 1.83. The molecule has 25 heavy (non-hydrogen) atoms. The van der Waals surface area contributed by atoms with E-state index < -0.39 is 6.04 Å². The van der Waals surface area contributed by atoms with E-state index in [1.807, 2.05) is 47.9 Å². The van der Waals surface area contributed by atoms with Crippen LogP contribution in [0.5, 0.6) is 5.75 Å². The van der Waals surface area contributed by atoms with Crippen LogP contribution in [-0.4, -0.2) is 20.6 Å². The lowest BCUT2D eigenvalue weighted by atomic mass is 9.87. The molecule has 130 valence electrons. The maximum Gasteiger partial charge on any atom is 0.247 e. The molecule has 3 aromatic rings. The fourth-order valence-corrected chi connectivity index (χ4v) is 2.75. The fourth-order valence-electron chi connectivity index (χ4n) is 2.75. The first-order chi connectivity index (χ1) is 11.8. The number of anilines is 1. The van der Waals surface area contributed by atoms with E-state index >= 15 is 0 Å². The van der Waals surface area contributed by atoms with E-state index in [9.17, 15) is 9.90 Å². The minimum absolute atomic E-state index is 0.0593. The van der Waals surface area contributed by atoms with Crippen molar-refractivity contribution in [3.63, 3.8) is 0 Å². The van der Waals surface area contributed by atoms with Crippen molar-refractivity contribution in [2.75, 3.05) is 5.32 Å². The van der Waals surface area contributed by atoms with Gasteiger partial charge in [-0.3, -0.25) is 4.79 Å². The van der Waals surface area contributed by atoms with Crippen LogP contribution in [0.2, 0.25) is 0 Å². The van der Waals surface area contributed by atoms with E-state index in [1.165, 1.54) is 0 Å². The monoisotopic (exact) mass is 337 g/mol. The van der Waals surface area contributed by atoms with Gasteiger partial charge in [0.05, 0.1) is 23.0 Å². The van der Waals surface area contributed by atoms with Crippen LogP contribution in [-0.2, 0) is 10.2 Å². The van der Waals surface area contributed by atoms with Crippen molar-refractivity contribution in [1.82, 2.24) is 9.55 Å². The highest BCUT2D eigenvalue weighted by atomic mass is 16.3. The van der Waals surface area contributed by atoms with Crippen LogP contribution in [0.25, 0.3) is 11.0 Å². The Morgan fingerprint density at radius 1 is 1.20 bits per heavy atom. The molecule has 0 unspecified atom stereocenters. The zero-order valence-corrected chi connectivity index (χ0v) is 14.9. The van der Waals surface area contributed by atoms with Crippen molar-refractivity contribution in [2.24, 2.45) is 0 Å². The van der Waals surface area contributed by atoms with Gasteiger partial charge in [-0.05, 0) is 42.2 Å². The average molecular weight is 337 g/mol. The number of aromatic hydroxyl groups is 1. The van der Waals surface area contributed by atoms with E-state index in [-0.39, 0.29) is 17.1 Å². The number of nitrogens with one attached hydrogen (secondary N) is 1. The Morgan fingerprint density at radius 2 is 1.92 bits per heavy atom. The van der Waals surface area contributed by atoms with Crippen molar-refractivity contribution >= 4 is 22.6 Å². The Morgan fingerprint density at radius 3 is 2.64 bits per heavy atom. The summed E-state index contributed by atoms with van der Waals surface area (Å²) >= 11 is 0. The molecule has 0 radical (unpaired) electrons. The van der Waals surface area contributed by atoms with Gasteiger partial charge >= 0.3 is 0 Å². The Bertz CT molecular complexity index is 922. The molecule has 1 atom stereocenters. The van der Waals surface area contributed by atoms with Crippen molar-refractivity contribution < 1.29 is 9.90 Å². The lowest BCUT2D eigenvalue weighted by molar-refractivity contribution is -0.118. The van der Waals surface area contributed by atoms with Crippen LogP contribution in [0.15, 0.2) is 48.8 Å². The second-order valence-corrected chi connectivity index (χ2v) is 7.29. The van der Waals surface area contributed by atoms with Crippen LogP contribution in [0.1, 0.15) is 39.3 Å². The summed E-state index contributed by atoms with van der Waals surface area (Å²) in [6.45, 7) is 8.08. The zero-order valence-electron chi connectivity index (χ0n) is 14.9. The summed E-state index contributed by atoms with van der Waals surface area (Å²) in [6.07, 6.45) is 1.67. The van der Waals surface area contributed by atoms with Gasteiger partial charge < -0.3 is 15.0 Å². The Labute approximate surface area is 147 Å². The summed E-state index contributed by atoms with van der Waals surface area (Å²) in [4.78, 5) is 17.0. The molecule has 1 heterocycles. The molecule has 0 saturated heterocycles. The molecule has 2 N–H and O–H groups in total. The number of fused-ring (bicyclic) bond motifs is 1. The first-order valence-electron chi connectivity index (χ1n) is 8.33. The van der Waals surface area contributed by atoms with Crippen molar-refractivity contribution in [3.8, 4) is 5.75 Å². The third-order valence-corrected chi connectivity index (χ3v) is 4.40. The van der Waals surface area contributed by atoms with Gasteiger partial charge in [-0.15, -0.1) is 0 Å². The molecule has 0 fully saturated rings. The van der Waals surface area contributed by atoms with Gasteiger partial charge in [-0.25, -0.2) is 4.98 Å². The summed E-state index contributed by atoms with van der Waals surface area (Å²) in [6, 6.07) is 12.5. The quantitative estimate of drug-likeness (QED) is 0.703. The number of aromatic nitrogens is 2. The highest BCUT2D eigenvalue weighted by Gasteiger charge is 2.20. The number of carbonyl (C=O) groups excluding carboxylic acids is 1. The lowest BCUT2D eigenvalue weighted by Gasteiger charge is -2.21. The van der Waals surface area contributed by atoms with Crippen molar-refractivity contribution in [2.45, 2.75) is 39.2 Å². The third-order valence-electron chi connectivity index (χ3n) is 4.40. The molecule has 1 aromatic heterocycles. The zero-order chi connectivity index (χ0) is 18.2. The Kier molecular flexibility index (Phi) is 4.25. The molecule has 0 saturated carbocycles. The molecule has 0 aliphatic rings. The van der Waals surface area contributed by atoms with E-state index in [0.29, 0.717) is 5.69 Å². The number of rotatable bonds is 3. The third kappa shape index (κ3) is 3.36. The number of imidazole rings is 1. The lowest BCUT2D eigenvalue weighted by Crippen LogP contribution is -2.23. The largest absolute Gasteiger partial charge is 0.506 e. The number of para-hydroxylation sites is 2. The Balaban J connectivity index is 1.87. The molecule has 1 amide bonds. The number of phenolic OH excluding ortho intramolecular Hbond substituents is 1. The topological polar surface area (TPSA) is 67.2 Å². The molecular formula is C20H23N3O2. The maximum atomic E-state index is 12.7. The van der Waals surface area contributed by atoms with Crippen LogP contribution in [0, 0.1) is 0 Å². The van der Waals surface area contributed by atoms with E-state index in [4.69, 9.17) is 0 Å². The SMILES string of the molecule is C[C@@H](C(=O)Nc1cc(C(C)(C)C)ccc1O)n1cnc2ccccc21. The van der Waals surface area contributed by atoms with E-state index in [1.54, 1.807) is 12.4 Å². The second kappa shape index (κ2) is 6.24. The molecular weight excluding hydrogens is 314 g/mol. The summed E-state index contributed by atoms with van der Waals surface area (Å²) in [5.74, 6) is -0.145. The number of nitrogens with zero attached hydrogens (tertiary/aromatic N) is 2. The Hall–Kier alpha value is -2.82. The first-order valence-corrected chi connectivity index (χ1v) is 8.33. The van der Waals surface area contributed by atoms with Gasteiger partial charge in [0.2, 0.25) is 5.91 Å². The average Bonchev–Trinajstić information content (AvgIpc) is 2.99. The molecule has 0 aliphatic heterocycles. The molecule has 5 heteroatoms. The predicted octanol–water partition coefficient (Wildman–Crippen LogP) is 4.24. The van der Waals surface area contributed by atoms with E-state index in [0.717, 1.165) is 16.6 Å².